The second-order valence-corrected chi connectivity index (χ2v) is 5.87. The monoisotopic (exact) mass is 337 g/mol. The molecule has 1 aliphatic carbocycles. The standard InChI is InChI=1S/C19H23N3.C3H8/c1-4-6-17-8-7-16(12-18(17)21-10-5-2)13-22-19-14-20-11-9-15(19)3;1-3-2/h5-12,14,22H,4,13H2,1-3H3;3H2,1-2H3/b10-5-,17-6+,21-18+;. The molecule has 1 aromatic heterocycles. The first-order valence-electron chi connectivity index (χ1n) is 9.08. The largest absolute Gasteiger partial charge is 0.380 e. The molecule has 25 heavy (non-hydrogen) atoms. The first kappa shape index (κ1) is 20.6. The van der Waals surface area contributed by atoms with Crippen LogP contribution in [0.1, 0.15) is 46.1 Å². The topological polar surface area (TPSA) is 37.3 Å². The number of hydrogen-bond acceptors (Lipinski definition) is 3. The number of pyridine rings is 1. The fourth-order valence-electron chi connectivity index (χ4n) is 2.20. The van der Waals surface area contributed by atoms with Crippen LogP contribution in [0.25, 0.3) is 0 Å². The van der Waals surface area contributed by atoms with Gasteiger partial charge in [-0.1, -0.05) is 51.5 Å². The van der Waals surface area contributed by atoms with Crippen molar-refractivity contribution >= 4 is 11.4 Å². The molecule has 3 heteroatoms. The van der Waals surface area contributed by atoms with Gasteiger partial charge >= 0.3 is 0 Å². The molecule has 0 saturated heterocycles. The van der Waals surface area contributed by atoms with E-state index in [-0.39, 0.29) is 0 Å². The first-order valence-corrected chi connectivity index (χ1v) is 9.08. The van der Waals surface area contributed by atoms with Crippen LogP contribution in [0.4, 0.5) is 5.69 Å². The average Bonchev–Trinajstić information content (AvgIpc) is 2.61. The zero-order valence-corrected chi connectivity index (χ0v) is 16.2. The number of nitrogens with zero attached hydrogens (tertiary/aromatic N) is 2. The summed E-state index contributed by atoms with van der Waals surface area (Å²) < 4.78 is 0. The highest BCUT2D eigenvalue weighted by atomic mass is 14.9. The van der Waals surface area contributed by atoms with Gasteiger partial charge in [0.05, 0.1) is 17.6 Å². The van der Waals surface area contributed by atoms with Crippen molar-refractivity contribution in [2.75, 3.05) is 11.9 Å². The summed E-state index contributed by atoms with van der Waals surface area (Å²) in [6.45, 7) is 11.2. The number of aliphatic imine (C=N–C) groups is 1. The Labute approximate surface area is 153 Å². The fourth-order valence-corrected chi connectivity index (χ4v) is 2.20. The van der Waals surface area contributed by atoms with Crippen molar-refractivity contribution in [2.45, 2.75) is 47.5 Å². The summed E-state index contributed by atoms with van der Waals surface area (Å²) in [6, 6.07) is 2.01. The van der Waals surface area contributed by atoms with E-state index in [4.69, 9.17) is 0 Å². The van der Waals surface area contributed by atoms with Gasteiger partial charge in [-0.2, -0.15) is 0 Å². The number of aromatic nitrogens is 1. The van der Waals surface area contributed by atoms with Gasteiger partial charge in [0.15, 0.2) is 0 Å². The number of aryl methyl sites for hydroxylation is 1. The molecule has 0 amide bonds. The average molecular weight is 338 g/mol. The van der Waals surface area contributed by atoms with Gasteiger partial charge in [-0.25, -0.2) is 0 Å². The van der Waals surface area contributed by atoms with Gasteiger partial charge in [0.2, 0.25) is 0 Å². The highest BCUT2D eigenvalue weighted by molar-refractivity contribution is 6.12. The molecule has 0 saturated carbocycles. The SMILES string of the molecule is CCC.C\C=C/N=C1\C=C(CNc2cnccc2C)C=C\C1=C/CC. The highest BCUT2D eigenvalue weighted by Crippen LogP contribution is 2.17. The van der Waals surface area contributed by atoms with Crippen molar-refractivity contribution in [2.24, 2.45) is 4.99 Å². The number of allylic oxidation sites excluding steroid dienone is 5. The molecule has 1 aliphatic rings. The molecule has 0 atom stereocenters. The lowest BCUT2D eigenvalue weighted by atomic mass is 9.99. The lowest BCUT2D eigenvalue weighted by Crippen LogP contribution is -2.10. The molecule has 0 bridgehead atoms. The van der Waals surface area contributed by atoms with Gasteiger partial charge in [0.25, 0.3) is 0 Å². The van der Waals surface area contributed by atoms with Gasteiger partial charge in [0.1, 0.15) is 0 Å². The van der Waals surface area contributed by atoms with Crippen molar-refractivity contribution in [3.8, 4) is 0 Å². The van der Waals surface area contributed by atoms with E-state index in [2.05, 4.69) is 67.3 Å². The quantitative estimate of drug-likeness (QED) is 0.712. The van der Waals surface area contributed by atoms with Crippen LogP contribution in [0.5, 0.6) is 0 Å². The lowest BCUT2D eigenvalue weighted by Gasteiger charge is -2.14. The molecular weight excluding hydrogens is 306 g/mol. The number of nitrogens with one attached hydrogen (secondary N) is 1. The van der Waals surface area contributed by atoms with Crippen LogP contribution in [0.3, 0.4) is 0 Å². The normalized spacial score (nSPS) is 16.8. The van der Waals surface area contributed by atoms with Crippen LogP contribution in [0.15, 0.2) is 71.2 Å². The third-order valence-electron chi connectivity index (χ3n) is 3.40. The minimum atomic E-state index is 0.761. The van der Waals surface area contributed by atoms with Crippen LogP contribution in [0.2, 0.25) is 0 Å². The number of anilines is 1. The summed E-state index contributed by atoms with van der Waals surface area (Å²) in [5, 5.41) is 3.43. The second-order valence-electron chi connectivity index (χ2n) is 5.87. The minimum absolute atomic E-state index is 0.761. The van der Waals surface area contributed by atoms with E-state index in [9.17, 15) is 0 Å². The summed E-state index contributed by atoms with van der Waals surface area (Å²) in [7, 11) is 0. The Hall–Kier alpha value is -2.42. The molecule has 0 aliphatic heterocycles. The van der Waals surface area contributed by atoms with E-state index in [1.54, 1.807) is 0 Å². The number of rotatable bonds is 5. The van der Waals surface area contributed by atoms with E-state index < -0.39 is 0 Å². The van der Waals surface area contributed by atoms with Crippen LogP contribution in [-0.4, -0.2) is 17.2 Å². The number of hydrogen-bond donors (Lipinski definition) is 1. The van der Waals surface area contributed by atoms with Crippen LogP contribution < -0.4 is 5.32 Å². The van der Waals surface area contributed by atoms with E-state index in [0.29, 0.717) is 0 Å². The zero-order chi connectivity index (χ0) is 18.5. The predicted octanol–water partition coefficient (Wildman–Crippen LogP) is 6.03. The van der Waals surface area contributed by atoms with Crippen molar-refractivity contribution < 1.29 is 0 Å². The summed E-state index contributed by atoms with van der Waals surface area (Å²) in [6.07, 6.45) is 18.3. The molecule has 2 rings (SSSR count). The summed E-state index contributed by atoms with van der Waals surface area (Å²) in [5.74, 6) is 0. The molecular formula is C22H31N3. The van der Waals surface area contributed by atoms with Gasteiger partial charge in [-0.05, 0) is 49.1 Å². The summed E-state index contributed by atoms with van der Waals surface area (Å²) in [4.78, 5) is 8.68. The Morgan fingerprint density at radius 1 is 1.20 bits per heavy atom. The molecule has 134 valence electrons. The molecule has 0 fully saturated rings. The Bertz CT molecular complexity index is 676. The van der Waals surface area contributed by atoms with E-state index in [1.165, 1.54) is 23.1 Å². The second kappa shape index (κ2) is 12.0. The van der Waals surface area contributed by atoms with Crippen LogP contribution >= 0.6 is 0 Å². The lowest BCUT2D eigenvalue weighted by molar-refractivity contribution is 1.09. The van der Waals surface area contributed by atoms with Gasteiger partial charge in [-0.3, -0.25) is 9.98 Å². The van der Waals surface area contributed by atoms with Crippen molar-refractivity contribution in [3.63, 3.8) is 0 Å². The smallest absolute Gasteiger partial charge is 0.0701 e. The minimum Gasteiger partial charge on any atom is -0.380 e. The molecule has 0 spiro atoms. The predicted molar refractivity (Wildman–Crippen MR) is 111 cm³/mol. The molecule has 0 unspecified atom stereocenters. The molecule has 1 N–H and O–H groups in total. The Balaban J connectivity index is 0.000000970. The van der Waals surface area contributed by atoms with Gasteiger partial charge < -0.3 is 5.32 Å². The molecule has 0 radical (unpaired) electrons. The molecule has 1 heterocycles. The highest BCUT2D eigenvalue weighted by Gasteiger charge is 2.08. The van der Waals surface area contributed by atoms with Crippen molar-refractivity contribution in [3.05, 3.63) is 71.7 Å². The van der Waals surface area contributed by atoms with E-state index >= 15 is 0 Å². The third-order valence-corrected chi connectivity index (χ3v) is 3.40. The summed E-state index contributed by atoms with van der Waals surface area (Å²) >= 11 is 0. The van der Waals surface area contributed by atoms with Crippen LogP contribution in [0, 0.1) is 6.92 Å². The Kier molecular flexibility index (Phi) is 9.91. The van der Waals surface area contributed by atoms with Crippen molar-refractivity contribution in [1.29, 1.82) is 0 Å². The van der Waals surface area contributed by atoms with Gasteiger partial charge in [-0.15, -0.1) is 0 Å². The maximum atomic E-state index is 4.52. The Morgan fingerprint density at radius 3 is 2.60 bits per heavy atom. The van der Waals surface area contributed by atoms with E-state index in [1.807, 2.05) is 37.7 Å². The zero-order valence-electron chi connectivity index (χ0n) is 16.2. The molecule has 3 nitrogen and oxygen atoms in total. The van der Waals surface area contributed by atoms with Crippen LogP contribution in [-0.2, 0) is 0 Å². The van der Waals surface area contributed by atoms with Gasteiger partial charge in [0, 0.05) is 18.9 Å². The molecule has 0 aromatic carbocycles. The van der Waals surface area contributed by atoms with Crippen molar-refractivity contribution in [1.82, 2.24) is 4.98 Å². The fraction of sp³-hybridized carbons (Fsp3) is 0.364. The molecule has 1 aromatic rings. The maximum absolute atomic E-state index is 4.52. The Morgan fingerprint density at radius 2 is 1.96 bits per heavy atom. The van der Waals surface area contributed by atoms with E-state index in [0.717, 1.165) is 24.4 Å². The maximum Gasteiger partial charge on any atom is 0.0701 e. The first-order chi connectivity index (χ1) is 12.2. The summed E-state index contributed by atoms with van der Waals surface area (Å²) in [5.41, 5.74) is 5.67. The third kappa shape index (κ3) is 7.34.